The zero-order valence-corrected chi connectivity index (χ0v) is 12.3. The van der Waals surface area contributed by atoms with Gasteiger partial charge in [-0.1, -0.05) is 11.3 Å². The Morgan fingerprint density at radius 2 is 2.33 bits per heavy atom. The first-order chi connectivity index (χ1) is 10.3. The van der Waals surface area contributed by atoms with Crippen molar-refractivity contribution in [2.75, 3.05) is 25.0 Å². The van der Waals surface area contributed by atoms with Crippen LogP contribution in [0.15, 0.2) is 28.3 Å². The lowest BCUT2D eigenvalue weighted by molar-refractivity contribution is 0.207. The summed E-state index contributed by atoms with van der Waals surface area (Å²) < 4.78 is 5.51. The Morgan fingerprint density at radius 1 is 1.48 bits per heavy atom. The van der Waals surface area contributed by atoms with Crippen molar-refractivity contribution < 1.29 is 9.21 Å². The van der Waals surface area contributed by atoms with Crippen molar-refractivity contribution in [1.29, 1.82) is 0 Å². The van der Waals surface area contributed by atoms with Crippen LogP contribution in [-0.2, 0) is 0 Å². The Morgan fingerprint density at radius 3 is 3.00 bits per heavy atom. The van der Waals surface area contributed by atoms with Gasteiger partial charge in [0, 0.05) is 6.54 Å². The van der Waals surface area contributed by atoms with Crippen molar-refractivity contribution in [2.45, 2.75) is 18.9 Å². The lowest BCUT2D eigenvalue weighted by Gasteiger charge is -2.25. The summed E-state index contributed by atoms with van der Waals surface area (Å²) in [6.07, 6.45) is 4.04. The van der Waals surface area contributed by atoms with Crippen LogP contribution in [0.1, 0.15) is 24.6 Å². The minimum Gasteiger partial charge on any atom is -0.468 e. The van der Waals surface area contributed by atoms with Crippen LogP contribution in [0.3, 0.4) is 0 Å². The number of nitrogens with one attached hydrogen (secondary N) is 2. The molecule has 8 heteroatoms. The minimum absolute atomic E-state index is 0.0719. The summed E-state index contributed by atoms with van der Waals surface area (Å²) in [6, 6.07) is 3.62. The molecule has 1 fully saturated rings. The molecule has 1 atom stereocenters. The van der Waals surface area contributed by atoms with Gasteiger partial charge in [0.1, 0.15) is 11.3 Å². The lowest BCUT2D eigenvalue weighted by atomic mass is 10.2. The molecule has 0 radical (unpaired) electrons. The number of nitrogens with zero attached hydrogens (tertiary/aromatic N) is 3. The van der Waals surface area contributed by atoms with Crippen LogP contribution in [-0.4, -0.2) is 40.8 Å². The number of aromatic nitrogens is 2. The molecule has 3 heterocycles. The van der Waals surface area contributed by atoms with Crippen LogP contribution in [0.25, 0.3) is 0 Å². The van der Waals surface area contributed by atoms with E-state index in [1.54, 1.807) is 11.8 Å². The van der Waals surface area contributed by atoms with Gasteiger partial charge in [-0.05, 0) is 38.1 Å². The highest BCUT2D eigenvalue weighted by Crippen LogP contribution is 2.24. The van der Waals surface area contributed by atoms with E-state index in [2.05, 4.69) is 25.7 Å². The largest absolute Gasteiger partial charge is 0.468 e. The summed E-state index contributed by atoms with van der Waals surface area (Å²) in [6.45, 7) is 2.56. The van der Waals surface area contributed by atoms with Gasteiger partial charge in [0.2, 0.25) is 5.13 Å². The second kappa shape index (κ2) is 6.68. The Balaban J connectivity index is 1.58. The van der Waals surface area contributed by atoms with E-state index < -0.39 is 0 Å². The maximum absolute atomic E-state index is 11.9. The van der Waals surface area contributed by atoms with Crippen molar-refractivity contribution in [3.8, 4) is 0 Å². The van der Waals surface area contributed by atoms with E-state index in [1.807, 2.05) is 12.1 Å². The third-order valence-corrected chi connectivity index (χ3v) is 4.10. The topological polar surface area (TPSA) is 83.3 Å². The van der Waals surface area contributed by atoms with Crippen LogP contribution in [0.4, 0.5) is 9.93 Å². The zero-order valence-electron chi connectivity index (χ0n) is 11.5. The van der Waals surface area contributed by atoms with E-state index >= 15 is 0 Å². The van der Waals surface area contributed by atoms with Crippen LogP contribution in [0.5, 0.6) is 0 Å². The quantitative estimate of drug-likeness (QED) is 0.883. The molecule has 2 amide bonds. The number of likely N-dealkylation sites (tertiary alicyclic amines) is 1. The highest BCUT2D eigenvalue weighted by molar-refractivity contribution is 7.13. The minimum atomic E-state index is -0.275. The predicted molar refractivity (Wildman–Crippen MR) is 79.2 cm³/mol. The molecule has 0 spiro atoms. The van der Waals surface area contributed by atoms with E-state index in [0.717, 1.165) is 18.8 Å². The van der Waals surface area contributed by atoms with Crippen LogP contribution in [0.2, 0.25) is 0 Å². The molecular formula is C13H17N5O2S. The van der Waals surface area contributed by atoms with Crippen LogP contribution in [0, 0.1) is 0 Å². The number of amides is 2. The molecule has 0 bridgehead atoms. The Bertz CT molecular complexity index is 551. The third kappa shape index (κ3) is 3.59. The Labute approximate surface area is 126 Å². The van der Waals surface area contributed by atoms with Crippen LogP contribution >= 0.6 is 11.3 Å². The number of carbonyl (C=O) groups is 1. The lowest BCUT2D eigenvalue weighted by Crippen LogP contribution is -2.38. The van der Waals surface area contributed by atoms with E-state index in [9.17, 15) is 4.79 Å². The van der Waals surface area contributed by atoms with E-state index in [0.29, 0.717) is 11.7 Å². The maximum atomic E-state index is 11.9. The molecule has 1 aliphatic heterocycles. The molecule has 1 aliphatic rings. The van der Waals surface area contributed by atoms with Crippen molar-refractivity contribution in [3.63, 3.8) is 0 Å². The molecule has 7 nitrogen and oxygen atoms in total. The molecule has 2 aromatic rings. The van der Waals surface area contributed by atoms with Crippen molar-refractivity contribution in [3.05, 3.63) is 29.7 Å². The van der Waals surface area contributed by atoms with E-state index in [1.165, 1.54) is 24.2 Å². The highest BCUT2D eigenvalue weighted by Gasteiger charge is 2.25. The molecular weight excluding hydrogens is 290 g/mol. The van der Waals surface area contributed by atoms with Gasteiger partial charge in [0.25, 0.3) is 0 Å². The number of carbonyl (C=O) groups excluding carboxylic acids is 1. The number of rotatable bonds is 5. The van der Waals surface area contributed by atoms with Gasteiger partial charge in [0.15, 0.2) is 0 Å². The normalized spacial score (nSPS) is 16.8. The molecule has 21 heavy (non-hydrogen) atoms. The van der Waals surface area contributed by atoms with Crippen molar-refractivity contribution in [2.24, 2.45) is 0 Å². The standard InChI is InChI=1S/C13H17N5O2S/c19-12(16-13-17-15-9-21-13)14-8-10(11-4-3-7-20-11)18-5-1-2-6-18/h3-4,7,9-10H,1-2,5-6,8H2,(H2,14,16,17,19). The monoisotopic (exact) mass is 307 g/mol. The first kappa shape index (κ1) is 14.0. The Hall–Kier alpha value is -1.93. The first-order valence-electron chi connectivity index (χ1n) is 6.91. The van der Waals surface area contributed by atoms with Gasteiger partial charge >= 0.3 is 6.03 Å². The molecule has 0 aliphatic carbocycles. The summed E-state index contributed by atoms with van der Waals surface area (Å²) in [4.78, 5) is 14.2. The van der Waals surface area contributed by atoms with Gasteiger partial charge < -0.3 is 9.73 Å². The molecule has 2 N–H and O–H groups in total. The van der Waals surface area contributed by atoms with E-state index in [4.69, 9.17) is 4.42 Å². The van der Waals surface area contributed by atoms with E-state index in [-0.39, 0.29) is 12.1 Å². The number of furan rings is 1. The SMILES string of the molecule is O=C(NCC(c1ccco1)N1CCCC1)Nc1nncs1. The van der Waals surface area contributed by atoms with Crippen LogP contribution < -0.4 is 10.6 Å². The summed E-state index contributed by atoms with van der Waals surface area (Å²) in [7, 11) is 0. The molecule has 0 aromatic carbocycles. The number of hydrogen-bond donors (Lipinski definition) is 2. The fourth-order valence-electron chi connectivity index (χ4n) is 2.50. The smallest absolute Gasteiger partial charge is 0.321 e. The number of anilines is 1. The fraction of sp³-hybridized carbons (Fsp3) is 0.462. The average Bonchev–Trinajstić information content (AvgIpc) is 3.23. The molecule has 112 valence electrons. The number of urea groups is 1. The highest BCUT2D eigenvalue weighted by atomic mass is 32.1. The van der Waals surface area contributed by atoms with Gasteiger partial charge in [-0.3, -0.25) is 10.2 Å². The third-order valence-electron chi connectivity index (χ3n) is 3.49. The summed E-state index contributed by atoms with van der Waals surface area (Å²) >= 11 is 1.29. The molecule has 1 unspecified atom stereocenters. The molecule has 3 rings (SSSR count). The number of hydrogen-bond acceptors (Lipinski definition) is 6. The molecule has 2 aromatic heterocycles. The predicted octanol–water partition coefficient (Wildman–Crippen LogP) is 2.09. The van der Waals surface area contributed by atoms with Gasteiger partial charge in [0.05, 0.1) is 12.3 Å². The fourth-order valence-corrected chi connectivity index (χ4v) is 2.94. The maximum Gasteiger partial charge on any atom is 0.321 e. The first-order valence-corrected chi connectivity index (χ1v) is 7.79. The molecule has 1 saturated heterocycles. The average molecular weight is 307 g/mol. The second-order valence-electron chi connectivity index (χ2n) is 4.85. The molecule has 0 saturated carbocycles. The van der Waals surface area contributed by atoms with Crippen molar-refractivity contribution in [1.82, 2.24) is 20.4 Å². The van der Waals surface area contributed by atoms with Gasteiger partial charge in [-0.2, -0.15) is 0 Å². The van der Waals surface area contributed by atoms with Gasteiger partial charge in [-0.15, -0.1) is 10.2 Å². The summed E-state index contributed by atoms with van der Waals surface area (Å²) in [5.74, 6) is 0.883. The summed E-state index contributed by atoms with van der Waals surface area (Å²) in [5.41, 5.74) is 1.57. The summed E-state index contributed by atoms with van der Waals surface area (Å²) in [5, 5.41) is 13.5. The van der Waals surface area contributed by atoms with Gasteiger partial charge in [-0.25, -0.2) is 4.79 Å². The Kier molecular flexibility index (Phi) is 4.46. The van der Waals surface area contributed by atoms with Crippen molar-refractivity contribution >= 4 is 22.5 Å². The second-order valence-corrected chi connectivity index (χ2v) is 5.69. The zero-order chi connectivity index (χ0) is 14.5.